The number of nitrogens with zero attached hydrogens (tertiary/aromatic N) is 1. The van der Waals surface area contributed by atoms with Crippen LogP contribution >= 0.6 is 0 Å². The van der Waals surface area contributed by atoms with Crippen LogP contribution in [-0.2, 0) is 10.9 Å². The molecule has 0 spiro atoms. The van der Waals surface area contributed by atoms with Gasteiger partial charge in [0.2, 0.25) is 0 Å². The number of hydrogen-bond donors (Lipinski definition) is 1. The number of piperidine rings is 1. The van der Waals surface area contributed by atoms with Crippen molar-refractivity contribution in [2.45, 2.75) is 31.5 Å². The second kappa shape index (κ2) is 6.28. The Labute approximate surface area is 127 Å². The van der Waals surface area contributed by atoms with E-state index < -0.39 is 11.7 Å². The van der Waals surface area contributed by atoms with Crippen molar-refractivity contribution in [3.8, 4) is 0 Å². The number of alkyl halides is 3. The van der Waals surface area contributed by atoms with Gasteiger partial charge < -0.3 is 10.1 Å². The Hall–Kier alpha value is -1.56. The Morgan fingerprint density at radius 3 is 2.45 bits per heavy atom. The van der Waals surface area contributed by atoms with Crippen molar-refractivity contribution < 1.29 is 17.9 Å². The van der Waals surface area contributed by atoms with E-state index in [4.69, 9.17) is 4.74 Å². The summed E-state index contributed by atoms with van der Waals surface area (Å²) in [6, 6.07) is 5.02. The number of halogens is 3. The van der Waals surface area contributed by atoms with E-state index in [1.54, 1.807) is 0 Å². The standard InChI is InChI=1S/C16H19F3N2O/c17-16(18,19)13-3-1-12(2-4-13)14-10-22-15(21-14)9-11-5-7-20-8-6-11/h1-4,11,14,20H,5-10H2. The zero-order chi connectivity index (χ0) is 15.6. The molecule has 2 heterocycles. The van der Waals surface area contributed by atoms with Gasteiger partial charge in [0, 0.05) is 6.42 Å². The molecule has 0 bridgehead atoms. The molecule has 3 rings (SSSR count). The molecule has 0 aromatic heterocycles. The molecule has 120 valence electrons. The average molecular weight is 312 g/mol. The highest BCUT2D eigenvalue weighted by atomic mass is 19.4. The van der Waals surface area contributed by atoms with Crippen LogP contribution in [0.1, 0.15) is 36.4 Å². The fraction of sp³-hybridized carbons (Fsp3) is 0.562. The molecule has 0 aliphatic carbocycles. The molecular formula is C16H19F3N2O. The van der Waals surface area contributed by atoms with Gasteiger partial charge in [0.05, 0.1) is 5.56 Å². The van der Waals surface area contributed by atoms with Crippen LogP contribution < -0.4 is 5.32 Å². The monoisotopic (exact) mass is 312 g/mol. The number of nitrogens with one attached hydrogen (secondary N) is 1. The summed E-state index contributed by atoms with van der Waals surface area (Å²) < 4.78 is 43.3. The van der Waals surface area contributed by atoms with Crippen LogP contribution in [0.25, 0.3) is 0 Å². The van der Waals surface area contributed by atoms with Crippen LogP contribution in [0.2, 0.25) is 0 Å². The Balaban J connectivity index is 1.63. The summed E-state index contributed by atoms with van der Waals surface area (Å²) in [6.07, 6.45) is -1.23. The predicted octanol–water partition coefficient (Wildman–Crippen LogP) is 3.56. The van der Waals surface area contributed by atoms with Crippen LogP contribution in [-0.4, -0.2) is 25.6 Å². The molecule has 1 fully saturated rings. The highest BCUT2D eigenvalue weighted by Crippen LogP contribution is 2.32. The van der Waals surface area contributed by atoms with Crippen molar-refractivity contribution in [3.63, 3.8) is 0 Å². The summed E-state index contributed by atoms with van der Waals surface area (Å²) >= 11 is 0. The predicted molar refractivity (Wildman–Crippen MR) is 77.8 cm³/mol. The van der Waals surface area contributed by atoms with E-state index >= 15 is 0 Å². The quantitative estimate of drug-likeness (QED) is 0.926. The normalized spacial score (nSPS) is 23.2. The lowest BCUT2D eigenvalue weighted by Gasteiger charge is -2.21. The third kappa shape index (κ3) is 3.61. The third-order valence-corrected chi connectivity index (χ3v) is 4.25. The van der Waals surface area contributed by atoms with Gasteiger partial charge in [-0.25, -0.2) is 4.99 Å². The second-order valence-corrected chi connectivity index (χ2v) is 5.87. The number of rotatable bonds is 3. The molecule has 1 aromatic rings. The van der Waals surface area contributed by atoms with E-state index in [9.17, 15) is 13.2 Å². The molecule has 6 heteroatoms. The maximum Gasteiger partial charge on any atom is 0.416 e. The van der Waals surface area contributed by atoms with Crippen LogP contribution in [0.4, 0.5) is 13.2 Å². The molecule has 3 nitrogen and oxygen atoms in total. The van der Waals surface area contributed by atoms with Crippen molar-refractivity contribution in [3.05, 3.63) is 35.4 Å². The topological polar surface area (TPSA) is 33.6 Å². The van der Waals surface area contributed by atoms with Gasteiger partial charge in [-0.15, -0.1) is 0 Å². The number of benzene rings is 1. The van der Waals surface area contributed by atoms with Crippen molar-refractivity contribution in [2.75, 3.05) is 19.7 Å². The van der Waals surface area contributed by atoms with Gasteiger partial charge in [0.25, 0.3) is 0 Å². The van der Waals surface area contributed by atoms with Gasteiger partial charge in [-0.2, -0.15) is 13.2 Å². The van der Waals surface area contributed by atoms with Gasteiger partial charge in [0.15, 0.2) is 5.90 Å². The lowest BCUT2D eigenvalue weighted by molar-refractivity contribution is -0.137. The Morgan fingerprint density at radius 2 is 1.82 bits per heavy atom. The first-order chi connectivity index (χ1) is 10.5. The molecular weight excluding hydrogens is 293 g/mol. The van der Waals surface area contributed by atoms with E-state index in [0.29, 0.717) is 12.5 Å². The van der Waals surface area contributed by atoms with Gasteiger partial charge in [-0.1, -0.05) is 12.1 Å². The number of aliphatic imine (C=N–C) groups is 1. The molecule has 0 radical (unpaired) electrons. The molecule has 1 aromatic carbocycles. The van der Waals surface area contributed by atoms with E-state index in [-0.39, 0.29) is 6.04 Å². The highest BCUT2D eigenvalue weighted by molar-refractivity contribution is 5.78. The molecule has 1 atom stereocenters. The fourth-order valence-corrected chi connectivity index (χ4v) is 2.93. The number of ether oxygens (including phenoxy) is 1. The first kappa shape index (κ1) is 15.3. The lowest BCUT2D eigenvalue weighted by Crippen LogP contribution is -2.28. The minimum absolute atomic E-state index is 0.181. The van der Waals surface area contributed by atoms with Crippen molar-refractivity contribution >= 4 is 5.90 Å². The first-order valence-corrected chi connectivity index (χ1v) is 7.60. The van der Waals surface area contributed by atoms with E-state index in [1.165, 1.54) is 12.1 Å². The molecule has 22 heavy (non-hydrogen) atoms. The Kier molecular flexibility index (Phi) is 4.38. The van der Waals surface area contributed by atoms with Gasteiger partial charge in [-0.05, 0) is 49.5 Å². The molecule has 1 N–H and O–H groups in total. The summed E-state index contributed by atoms with van der Waals surface area (Å²) in [4.78, 5) is 4.54. The van der Waals surface area contributed by atoms with Crippen molar-refractivity contribution in [1.82, 2.24) is 5.32 Å². The molecule has 2 aliphatic rings. The molecule has 1 unspecified atom stereocenters. The van der Waals surface area contributed by atoms with Crippen LogP contribution in [0.5, 0.6) is 0 Å². The van der Waals surface area contributed by atoms with Gasteiger partial charge in [-0.3, -0.25) is 0 Å². The highest BCUT2D eigenvalue weighted by Gasteiger charge is 2.31. The van der Waals surface area contributed by atoms with E-state index in [2.05, 4.69) is 10.3 Å². The molecule has 1 saturated heterocycles. The first-order valence-electron chi connectivity index (χ1n) is 7.60. The Morgan fingerprint density at radius 1 is 1.14 bits per heavy atom. The van der Waals surface area contributed by atoms with Crippen molar-refractivity contribution in [2.24, 2.45) is 10.9 Å². The summed E-state index contributed by atoms with van der Waals surface area (Å²) in [5.74, 6) is 1.34. The minimum atomic E-state index is -4.30. The summed E-state index contributed by atoms with van der Waals surface area (Å²) in [7, 11) is 0. The number of hydrogen-bond acceptors (Lipinski definition) is 3. The minimum Gasteiger partial charge on any atom is -0.478 e. The average Bonchev–Trinajstić information content (AvgIpc) is 2.96. The second-order valence-electron chi connectivity index (χ2n) is 5.87. The van der Waals surface area contributed by atoms with Gasteiger partial charge in [0.1, 0.15) is 12.6 Å². The lowest BCUT2D eigenvalue weighted by atomic mass is 9.95. The molecule has 2 aliphatic heterocycles. The largest absolute Gasteiger partial charge is 0.478 e. The van der Waals surface area contributed by atoms with E-state index in [0.717, 1.165) is 55.9 Å². The van der Waals surface area contributed by atoms with E-state index in [1.807, 2.05) is 0 Å². The molecule has 0 saturated carbocycles. The van der Waals surface area contributed by atoms with Crippen LogP contribution in [0, 0.1) is 5.92 Å². The molecule has 0 amide bonds. The maximum absolute atomic E-state index is 12.6. The van der Waals surface area contributed by atoms with Crippen LogP contribution in [0.3, 0.4) is 0 Å². The maximum atomic E-state index is 12.6. The van der Waals surface area contributed by atoms with Gasteiger partial charge >= 0.3 is 6.18 Å². The van der Waals surface area contributed by atoms with Crippen LogP contribution in [0.15, 0.2) is 29.3 Å². The summed E-state index contributed by atoms with van der Waals surface area (Å²) in [6.45, 7) is 2.48. The van der Waals surface area contributed by atoms with Crippen molar-refractivity contribution in [1.29, 1.82) is 0 Å². The zero-order valence-corrected chi connectivity index (χ0v) is 12.2. The Bertz CT molecular complexity index is 533. The zero-order valence-electron chi connectivity index (χ0n) is 12.2. The smallest absolute Gasteiger partial charge is 0.416 e. The summed E-state index contributed by atoms with van der Waals surface area (Å²) in [5, 5.41) is 3.32. The SMILES string of the molecule is FC(F)(F)c1ccc(C2COC(CC3CCNCC3)=N2)cc1. The summed E-state index contributed by atoms with van der Waals surface area (Å²) in [5.41, 5.74) is 0.141. The third-order valence-electron chi connectivity index (χ3n) is 4.25. The fourth-order valence-electron chi connectivity index (χ4n) is 2.93.